The predicted molar refractivity (Wildman–Crippen MR) is 81.0 cm³/mol. The van der Waals surface area contributed by atoms with E-state index in [-0.39, 0.29) is 0 Å². The highest BCUT2D eigenvalue weighted by Gasteiger charge is 2.36. The van der Waals surface area contributed by atoms with Crippen LogP contribution in [0.1, 0.15) is 30.9 Å². The van der Waals surface area contributed by atoms with Crippen LogP contribution in [0.3, 0.4) is 0 Å². The Labute approximate surface area is 125 Å². The standard InChI is InChI=1S/C15H20Cl2N2/c1-19-8-7-10(9-18-11-5-6-11)15(19)14-12(16)3-2-4-13(14)17/h2-4,10-11,15,18H,5-9H2,1H3. The molecule has 1 N–H and O–H groups in total. The van der Waals surface area contributed by atoms with E-state index in [2.05, 4.69) is 17.3 Å². The van der Waals surface area contributed by atoms with Crippen LogP contribution >= 0.6 is 23.2 Å². The molecule has 1 aromatic carbocycles. The minimum atomic E-state index is 0.340. The summed E-state index contributed by atoms with van der Waals surface area (Å²) in [5, 5.41) is 5.23. The van der Waals surface area contributed by atoms with Crippen molar-refractivity contribution in [3.63, 3.8) is 0 Å². The van der Waals surface area contributed by atoms with Crippen molar-refractivity contribution in [1.82, 2.24) is 10.2 Å². The molecule has 1 saturated carbocycles. The van der Waals surface area contributed by atoms with Gasteiger partial charge in [0.25, 0.3) is 0 Å². The van der Waals surface area contributed by atoms with Crippen LogP contribution in [0.2, 0.25) is 10.0 Å². The largest absolute Gasteiger partial charge is 0.314 e. The minimum absolute atomic E-state index is 0.340. The fourth-order valence-corrected chi connectivity index (χ4v) is 3.72. The molecule has 0 amide bonds. The molecule has 2 unspecified atom stereocenters. The highest BCUT2D eigenvalue weighted by Crippen LogP contribution is 2.42. The molecule has 2 fully saturated rings. The van der Waals surface area contributed by atoms with E-state index in [1.807, 2.05) is 18.2 Å². The van der Waals surface area contributed by atoms with Gasteiger partial charge in [0.1, 0.15) is 0 Å². The number of halogens is 2. The van der Waals surface area contributed by atoms with E-state index < -0.39 is 0 Å². The molecule has 2 aliphatic rings. The number of benzene rings is 1. The van der Waals surface area contributed by atoms with Gasteiger partial charge in [-0.05, 0) is 50.9 Å². The minimum Gasteiger partial charge on any atom is -0.314 e. The third-order valence-corrected chi connectivity index (χ3v) is 4.97. The first-order chi connectivity index (χ1) is 9.16. The number of hydrogen-bond donors (Lipinski definition) is 1. The smallest absolute Gasteiger partial charge is 0.0468 e. The lowest BCUT2D eigenvalue weighted by molar-refractivity contribution is 0.272. The van der Waals surface area contributed by atoms with Crippen molar-refractivity contribution in [1.29, 1.82) is 0 Å². The third-order valence-electron chi connectivity index (χ3n) is 4.32. The number of rotatable bonds is 4. The second-order valence-electron chi connectivity index (χ2n) is 5.79. The van der Waals surface area contributed by atoms with Gasteiger partial charge in [-0.15, -0.1) is 0 Å². The Kier molecular flexibility index (Phi) is 4.04. The molecule has 1 aliphatic carbocycles. The molecule has 4 heteroatoms. The van der Waals surface area contributed by atoms with E-state index in [9.17, 15) is 0 Å². The Hall–Kier alpha value is -0.280. The number of nitrogens with one attached hydrogen (secondary N) is 1. The second-order valence-corrected chi connectivity index (χ2v) is 6.61. The SMILES string of the molecule is CN1CCC(CNC2CC2)C1c1c(Cl)cccc1Cl. The monoisotopic (exact) mass is 298 g/mol. The molecule has 0 aromatic heterocycles. The Bertz CT molecular complexity index is 439. The first-order valence-corrected chi connectivity index (χ1v) is 7.80. The molecule has 0 radical (unpaired) electrons. The van der Waals surface area contributed by atoms with Crippen molar-refractivity contribution in [3.05, 3.63) is 33.8 Å². The molecule has 1 saturated heterocycles. The fraction of sp³-hybridized carbons (Fsp3) is 0.600. The summed E-state index contributed by atoms with van der Waals surface area (Å²) in [6, 6.07) is 6.90. The molecule has 1 aromatic rings. The lowest BCUT2D eigenvalue weighted by atomic mass is 9.93. The summed E-state index contributed by atoms with van der Waals surface area (Å²) < 4.78 is 0. The van der Waals surface area contributed by atoms with E-state index in [4.69, 9.17) is 23.2 Å². The van der Waals surface area contributed by atoms with Gasteiger partial charge >= 0.3 is 0 Å². The Morgan fingerprint density at radius 2 is 1.89 bits per heavy atom. The molecule has 104 valence electrons. The molecule has 3 rings (SSSR count). The number of nitrogens with zero attached hydrogens (tertiary/aromatic N) is 1. The molecule has 0 bridgehead atoms. The lowest BCUT2D eigenvalue weighted by Gasteiger charge is -2.27. The van der Waals surface area contributed by atoms with Gasteiger partial charge in [0.15, 0.2) is 0 Å². The summed E-state index contributed by atoms with van der Waals surface area (Å²) in [6.07, 6.45) is 3.88. The van der Waals surface area contributed by atoms with Crippen LogP contribution in [0.4, 0.5) is 0 Å². The van der Waals surface area contributed by atoms with Gasteiger partial charge in [-0.3, -0.25) is 4.90 Å². The summed E-state index contributed by atoms with van der Waals surface area (Å²) in [4.78, 5) is 2.38. The molecule has 1 aliphatic heterocycles. The highest BCUT2D eigenvalue weighted by atomic mass is 35.5. The Balaban J connectivity index is 1.82. The average Bonchev–Trinajstić information content (AvgIpc) is 3.13. The van der Waals surface area contributed by atoms with Crippen molar-refractivity contribution >= 4 is 23.2 Å². The van der Waals surface area contributed by atoms with Gasteiger partial charge < -0.3 is 5.32 Å². The molecule has 19 heavy (non-hydrogen) atoms. The predicted octanol–water partition coefficient (Wildman–Crippen LogP) is 3.74. The summed E-state index contributed by atoms with van der Waals surface area (Å²) in [6.45, 7) is 2.18. The second kappa shape index (κ2) is 5.61. The van der Waals surface area contributed by atoms with Crippen LogP contribution in [0.5, 0.6) is 0 Å². The molecule has 1 heterocycles. The zero-order valence-corrected chi connectivity index (χ0v) is 12.7. The Morgan fingerprint density at radius 1 is 1.21 bits per heavy atom. The molecule has 2 nitrogen and oxygen atoms in total. The van der Waals surface area contributed by atoms with Gasteiger partial charge in [-0.1, -0.05) is 29.3 Å². The van der Waals surface area contributed by atoms with E-state index >= 15 is 0 Å². The fourth-order valence-electron chi connectivity index (χ4n) is 3.09. The maximum absolute atomic E-state index is 6.38. The summed E-state index contributed by atoms with van der Waals surface area (Å²) in [5.74, 6) is 0.600. The Morgan fingerprint density at radius 3 is 2.53 bits per heavy atom. The molecular formula is C15H20Cl2N2. The van der Waals surface area contributed by atoms with Gasteiger partial charge in [0.2, 0.25) is 0 Å². The van der Waals surface area contributed by atoms with Gasteiger partial charge in [-0.25, -0.2) is 0 Å². The molecule has 2 atom stereocenters. The van der Waals surface area contributed by atoms with Crippen molar-refractivity contribution in [2.75, 3.05) is 20.1 Å². The van der Waals surface area contributed by atoms with Gasteiger partial charge in [-0.2, -0.15) is 0 Å². The van der Waals surface area contributed by atoms with Crippen LogP contribution < -0.4 is 5.32 Å². The zero-order valence-electron chi connectivity index (χ0n) is 11.2. The van der Waals surface area contributed by atoms with Crippen molar-refractivity contribution in [2.45, 2.75) is 31.3 Å². The normalized spacial score (nSPS) is 27.9. The number of likely N-dealkylation sites (tertiary alicyclic amines) is 1. The van der Waals surface area contributed by atoms with Crippen molar-refractivity contribution in [2.24, 2.45) is 5.92 Å². The van der Waals surface area contributed by atoms with Gasteiger partial charge in [0, 0.05) is 34.2 Å². The average molecular weight is 299 g/mol. The van der Waals surface area contributed by atoms with E-state index in [0.29, 0.717) is 12.0 Å². The van der Waals surface area contributed by atoms with Crippen LogP contribution in [-0.2, 0) is 0 Å². The lowest BCUT2D eigenvalue weighted by Crippen LogP contribution is -2.30. The first kappa shape index (κ1) is 13.7. The molecular weight excluding hydrogens is 279 g/mol. The summed E-state index contributed by atoms with van der Waals surface area (Å²) in [7, 11) is 2.17. The topological polar surface area (TPSA) is 15.3 Å². The van der Waals surface area contributed by atoms with Crippen molar-refractivity contribution < 1.29 is 0 Å². The maximum atomic E-state index is 6.38. The third kappa shape index (κ3) is 2.92. The van der Waals surface area contributed by atoms with Gasteiger partial charge in [0.05, 0.1) is 0 Å². The highest BCUT2D eigenvalue weighted by molar-refractivity contribution is 6.36. The maximum Gasteiger partial charge on any atom is 0.0468 e. The quantitative estimate of drug-likeness (QED) is 0.911. The van der Waals surface area contributed by atoms with Crippen molar-refractivity contribution in [3.8, 4) is 0 Å². The van der Waals surface area contributed by atoms with E-state index in [0.717, 1.165) is 34.7 Å². The summed E-state index contributed by atoms with van der Waals surface area (Å²) >= 11 is 12.8. The summed E-state index contributed by atoms with van der Waals surface area (Å²) in [5.41, 5.74) is 1.11. The van der Waals surface area contributed by atoms with Crippen LogP contribution in [0.25, 0.3) is 0 Å². The van der Waals surface area contributed by atoms with E-state index in [1.165, 1.54) is 19.3 Å². The van der Waals surface area contributed by atoms with Crippen LogP contribution in [-0.4, -0.2) is 31.1 Å². The number of hydrogen-bond acceptors (Lipinski definition) is 2. The zero-order chi connectivity index (χ0) is 13.4. The van der Waals surface area contributed by atoms with Crippen LogP contribution in [0, 0.1) is 5.92 Å². The van der Waals surface area contributed by atoms with E-state index in [1.54, 1.807) is 0 Å². The van der Waals surface area contributed by atoms with Crippen LogP contribution in [0.15, 0.2) is 18.2 Å². The molecule has 0 spiro atoms. The first-order valence-electron chi connectivity index (χ1n) is 7.04.